The lowest BCUT2D eigenvalue weighted by Gasteiger charge is -2.08. The zero-order valence-electron chi connectivity index (χ0n) is 15.2. The van der Waals surface area contributed by atoms with Crippen molar-refractivity contribution in [1.82, 2.24) is 0 Å². The van der Waals surface area contributed by atoms with E-state index < -0.39 is 0 Å². The number of ether oxygens (including phenoxy) is 1. The fraction of sp³-hybridized carbons (Fsp3) is 0.0435. The molecule has 0 aromatic heterocycles. The first kappa shape index (κ1) is 20.5. The van der Waals surface area contributed by atoms with Crippen LogP contribution >= 0.6 is 23.2 Å². The molecule has 0 aliphatic heterocycles. The number of carbonyl (C=O) groups excluding carboxylic acids is 1. The van der Waals surface area contributed by atoms with Gasteiger partial charge in [-0.05, 0) is 48.0 Å². The summed E-state index contributed by atoms with van der Waals surface area (Å²) < 4.78 is 5.57. The molecular formula is C23H16Cl2N2O2. The lowest BCUT2D eigenvalue weighted by molar-refractivity contribution is -0.118. The average Bonchev–Trinajstić information content (AvgIpc) is 2.72. The summed E-state index contributed by atoms with van der Waals surface area (Å²) in [5, 5.41) is 13.2. The van der Waals surface area contributed by atoms with E-state index in [1.165, 1.54) is 0 Å². The van der Waals surface area contributed by atoms with Gasteiger partial charge in [0.05, 0.1) is 16.7 Å². The molecule has 1 N–H and O–H groups in total. The quantitative estimate of drug-likeness (QED) is 0.386. The minimum atomic E-state index is -0.261. The highest BCUT2D eigenvalue weighted by atomic mass is 35.5. The topological polar surface area (TPSA) is 62.1 Å². The van der Waals surface area contributed by atoms with Crippen molar-refractivity contribution in [1.29, 1.82) is 5.26 Å². The molecule has 4 nitrogen and oxygen atoms in total. The van der Waals surface area contributed by atoms with Gasteiger partial charge in [-0.2, -0.15) is 5.26 Å². The molecule has 0 saturated heterocycles. The predicted molar refractivity (Wildman–Crippen MR) is 117 cm³/mol. The molecule has 0 saturated carbocycles. The molecule has 0 radical (unpaired) electrons. The van der Waals surface area contributed by atoms with Crippen molar-refractivity contribution in [2.75, 3.05) is 11.9 Å². The second-order valence-corrected chi connectivity index (χ2v) is 6.91. The molecule has 0 heterocycles. The third-order valence-electron chi connectivity index (χ3n) is 3.94. The summed E-state index contributed by atoms with van der Waals surface area (Å²) in [4.78, 5) is 12.0. The number of halogens is 2. The van der Waals surface area contributed by atoms with E-state index in [-0.39, 0.29) is 12.5 Å². The Balaban J connectivity index is 1.70. The number of benzene rings is 3. The molecule has 3 rings (SSSR count). The van der Waals surface area contributed by atoms with E-state index in [1.54, 1.807) is 54.6 Å². The van der Waals surface area contributed by atoms with E-state index in [4.69, 9.17) is 27.9 Å². The van der Waals surface area contributed by atoms with Crippen LogP contribution in [0.2, 0.25) is 10.0 Å². The normalized spacial score (nSPS) is 10.9. The number of nitrogens with one attached hydrogen (secondary N) is 1. The van der Waals surface area contributed by atoms with Crippen LogP contribution in [0.5, 0.6) is 5.75 Å². The third kappa shape index (κ3) is 5.86. The maximum Gasteiger partial charge on any atom is 0.262 e. The Kier molecular flexibility index (Phi) is 6.91. The summed E-state index contributed by atoms with van der Waals surface area (Å²) in [6.45, 7) is -0.129. The molecule has 0 fully saturated rings. The van der Waals surface area contributed by atoms with Crippen LogP contribution in [0.4, 0.5) is 5.69 Å². The van der Waals surface area contributed by atoms with Gasteiger partial charge in [0, 0.05) is 16.3 Å². The highest BCUT2D eigenvalue weighted by molar-refractivity contribution is 6.36. The van der Waals surface area contributed by atoms with Crippen molar-refractivity contribution >= 4 is 46.4 Å². The number of hydrogen-bond donors (Lipinski definition) is 1. The maximum absolute atomic E-state index is 12.0. The van der Waals surface area contributed by atoms with Gasteiger partial charge >= 0.3 is 0 Å². The molecule has 1 amide bonds. The predicted octanol–water partition coefficient (Wildman–Crippen LogP) is 6.08. The van der Waals surface area contributed by atoms with Crippen LogP contribution in [0.25, 0.3) is 11.6 Å². The van der Waals surface area contributed by atoms with Crippen LogP contribution in [0.3, 0.4) is 0 Å². The number of nitrogens with zero attached hydrogens (tertiary/aromatic N) is 1. The molecule has 0 aliphatic carbocycles. The first-order valence-corrected chi connectivity index (χ1v) is 9.46. The summed E-state index contributed by atoms with van der Waals surface area (Å²) in [6, 6.07) is 23.4. The SMILES string of the molecule is N#C/C(=C\c1cccc(OCC(=O)Nc2ccccc2)c1)c1ccc(Cl)cc1Cl. The fourth-order valence-corrected chi connectivity index (χ4v) is 3.12. The van der Waals surface area contributed by atoms with Crippen LogP contribution < -0.4 is 10.1 Å². The highest BCUT2D eigenvalue weighted by Gasteiger charge is 2.08. The largest absolute Gasteiger partial charge is 0.484 e. The summed E-state index contributed by atoms with van der Waals surface area (Å²) in [7, 11) is 0. The van der Waals surface area contributed by atoms with Gasteiger partial charge in [-0.1, -0.05) is 59.6 Å². The van der Waals surface area contributed by atoms with E-state index >= 15 is 0 Å². The van der Waals surface area contributed by atoms with Crippen LogP contribution in [0.1, 0.15) is 11.1 Å². The summed E-state index contributed by atoms with van der Waals surface area (Å²) in [5.41, 5.74) is 2.43. The summed E-state index contributed by atoms with van der Waals surface area (Å²) >= 11 is 12.1. The molecule has 3 aromatic rings. The molecule has 0 aliphatic rings. The third-order valence-corrected chi connectivity index (χ3v) is 4.49. The molecule has 29 heavy (non-hydrogen) atoms. The van der Waals surface area contributed by atoms with Crippen LogP contribution in [-0.4, -0.2) is 12.5 Å². The van der Waals surface area contributed by atoms with Gasteiger partial charge in [0.15, 0.2) is 6.61 Å². The van der Waals surface area contributed by atoms with Gasteiger partial charge in [-0.15, -0.1) is 0 Å². The van der Waals surface area contributed by atoms with Gasteiger partial charge in [0.1, 0.15) is 5.75 Å². The van der Waals surface area contributed by atoms with Crippen molar-refractivity contribution < 1.29 is 9.53 Å². The van der Waals surface area contributed by atoms with Crippen LogP contribution in [0, 0.1) is 11.3 Å². The number of nitriles is 1. The number of rotatable bonds is 6. The Morgan fingerprint density at radius 2 is 1.83 bits per heavy atom. The van der Waals surface area contributed by atoms with Gasteiger partial charge < -0.3 is 10.1 Å². The molecule has 6 heteroatoms. The van der Waals surface area contributed by atoms with Crippen LogP contribution in [0.15, 0.2) is 72.8 Å². The zero-order chi connectivity index (χ0) is 20.6. The minimum absolute atomic E-state index is 0.129. The van der Waals surface area contributed by atoms with E-state index in [1.807, 2.05) is 24.3 Å². The van der Waals surface area contributed by atoms with Crippen LogP contribution in [-0.2, 0) is 4.79 Å². The zero-order valence-corrected chi connectivity index (χ0v) is 16.7. The Morgan fingerprint density at radius 3 is 2.55 bits per heavy atom. The van der Waals surface area contributed by atoms with E-state index in [2.05, 4.69) is 11.4 Å². The number of carbonyl (C=O) groups is 1. The monoisotopic (exact) mass is 422 g/mol. The lowest BCUT2D eigenvalue weighted by atomic mass is 10.0. The van der Waals surface area contributed by atoms with Gasteiger partial charge in [-0.25, -0.2) is 0 Å². The molecule has 0 atom stereocenters. The molecule has 0 unspecified atom stereocenters. The first-order valence-electron chi connectivity index (χ1n) is 8.70. The standard InChI is InChI=1S/C23H16Cl2N2O2/c24-18-9-10-21(22(25)13-18)17(14-26)11-16-5-4-8-20(12-16)29-15-23(28)27-19-6-2-1-3-7-19/h1-13H,15H2,(H,27,28)/b17-11+. The fourth-order valence-electron chi connectivity index (χ4n) is 2.61. The van der Waals surface area contributed by atoms with E-state index in [0.717, 1.165) is 5.56 Å². The van der Waals surface area contributed by atoms with Crippen molar-refractivity contribution in [2.45, 2.75) is 0 Å². The van der Waals surface area contributed by atoms with E-state index in [0.29, 0.717) is 32.6 Å². The Hall–Kier alpha value is -3.26. The van der Waals surface area contributed by atoms with Gasteiger partial charge in [0.2, 0.25) is 0 Å². The van der Waals surface area contributed by atoms with Crippen molar-refractivity contribution in [3.05, 3.63) is 94.0 Å². The second kappa shape index (κ2) is 9.79. The number of para-hydroxylation sites is 1. The average molecular weight is 423 g/mol. The summed E-state index contributed by atoms with van der Waals surface area (Å²) in [6.07, 6.45) is 1.70. The molecule has 0 spiro atoms. The number of amides is 1. The van der Waals surface area contributed by atoms with Crippen molar-refractivity contribution in [3.63, 3.8) is 0 Å². The molecule has 0 bridgehead atoms. The Labute approximate surface area is 179 Å². The molecule has 144 valence electrons. The van der Waals surface area contributed by atoms with Gasteiger partial charge in [0.25, 0.3) is 5.91 Å². The smallest absolute Gasteiger partial charge is 0.262 e. The number of allylic oxidation sites excluding steroid dienone is 1. The van der Waals surface area contributed by atoms with Gasteiger partial charge in [-0.3, -0.25) is 4.79 Å². The Morgan fingerprint density at radius 1 is 1.03 bits per heavy atom. The van der Waals surface area contributed by atoms with E-state index in [9.17, 15) is 10.1 Å². The lowest BCUT2D eigenvalue weighted by Crippen LogP contribution is -2.20. The number of hydrogen-bond acceptors (Lipinski definition) is 3. The Bertz CT molecular complexity index is 1090. The first-order chi connectivity index (χ1) is 14.0. The summed E-state index contributed by atoms with van der Waals surface area (Å²) in [5.74, 6) is 0.254. The number of anilines is 1. The molecular weight excluding hydrogens is 407 g/mol. The van der Waals surface area contributed by atoms with Crippen molar-refractivity contribution in [2.24, 2.45) is 0 Å². The van der Waals surface area contributed by atoms with Crippen molar-refractivity contribution in [3.8, 4) is 11.8 Å². The maximum atomic E-state index is 12.0. The second-order valence-electron chi connectivity index (χ2n) is 6.07. The highest BCUT2D eigenvalue weighted by Crippen LogP contribution is 2.28. The minimum Gasteiger partial charge on any atom is -0.484 e. The molecule has 3 aromatic carbocycles.